The van der Waals surface area contributed by atoms with Gasteiger partial charge in [-0.1, -0.05) is 0 Å². The Kier molecular flexibility index (Phi) is 3.72. The molecule has 4 nitrogen and oxygen atoms in total. The molecule has 2 heterocycles. The largest absolute Gasteiger partial charge is 0.475 e. The Balaban J connectivity index is 2.30. The molecule has 7 heteroatoms. The van der Waals surface area contributed by atoms with Crippen LogP contribution in [-0.4, -0.2) is 16.2 Å². The maximum atomic E-state index is 10.6. The Morgan fingerprint density at radius 2 is 2.12 bits per heavy atom. The van der Waals surface area contributed by atoms with Gasteiger partial charge in [-0.3, -0.25) is 0 Å². The van der Waals surface area contributed by atoms with E-state index in [1.807, 2.05) is 0 Å². The van der Waals surface area contributed by atoms with Crippen molar-refractivity contribution in [2.45, 2.75) is 6.10 Å². The van der Waals surface area contributed by atoms with E-state index in [1.165, 1.54) is 23.5 Å². The van der Waals surface area contributed by atoms with Crippen LogP contribution >= 0.6 is 43.2 Å². The lowest BCUT2D eigenvalue weighted by atomic mass is 10.2. The summed E-state index contributed by atoms with van der Waals surface area (Å²) in [5.74, 6) is -1.13. The van der Waals surface area contributed by atoms with Gasteiger partial charge in [0.1, 0.15) is 11.9 Å². The predicted octanol–water partition coefficient (Wildman–Crippen LogP) is 3.65. The first-order chi connectivity index (χ1) is 7.99. The van der Waals surface area contributed by atoms with E-state index in [-0.39, 0.29) is 11.5 Å². The Morgan fingerprint density at radius 1 is 1.41 bits per heavy atom. The van der Waals surface area contributed by atoms with E-state index in [1.54, 1.807) is 6.07 Å². The molecule has 1 unspecified atom stereocenters. The molecule has 0 fully saturated rings. The second-order valence-electron chi connectivity index (χ2n) is 3.18. The number of furan rings is 1. The van der Waals surface area contributed by atoms with Crippen molar-refractivity contribution in [3.05, 3.63) is 42.9 Å². The van der Waals surface area contributed by atoms with Crippen molar-refractivity contribution in [2.75, 3.05) is 0 Å². The van der Waals surface area contributed by atoms with Gasteiger partial charge in [-0.15, -0.1) is 11.3 Å². The van der Waals surface area contributed by atoms with E-state index in [2.05, 4.69) is 31.9 Å². The molecule has 0 bridgehead atoms. The maximum Gasteiger partial charge on any atom is 0.371 e. The Bertz CT molecular complexity index is 541. The molecule has 0 amide bonds. The first-order valence-electron chi connectivity index (χ1n) is 4.45. The summed E-state index contributed by atoms with van der Waals surface area (Å²) in [6, 6.07) is 4.52. The van der Waals surface area contributed by atoms with Crippen LogP contribution in [0.15, 0.2) is 30.9 Å². The minimum Gasteiger partial charge on any atom is -0.475 e. The molecule has 0 aliphatic carbocycles. The number of aliphatic hydroxyl groups is 1. The summed E-state index contributed by atoms with van der Waals surface area (Å²) in [5.41, 5.74) is 0. The third-order valence-electron chi connectivity index (χ3n) is 2.04. The Hall–Kier alpha value is -0.630. The van der Waals surface area contributed by atoms with Crippen LogP contribution in [0.3, 0.4) is 0 Å². The number of thiophene rings is 1. The number of hydrogen-bond donors (Lipinski definition) is 2. The van der Waals surface area contributed by atoms with E-state index < -0.39 is 12.1 Å². The topological polar surface area (TPSA) is 70.7 Å². The number of aliphatic hydroxyl groups excluding tert-OH is 1. The first-order valence-corrected chi connectivity index (χ1v) is 6.85. The lowest BCUT2D eigenvalue weighted by molar-refractivity contribution is 0.0655. The minimum atomic E-state index is -1.16. The smallest absolute Gasteiger partial charge is 0.371 e. The normalized spacial score (nSPS) is 12.6. The summed E-state index contributed by atoms with van der Waals surface area (Å²) in [6.45, 7) is 0. The summed E-state index contributed by atoms with van der Waals surface area (Å²) < 4.78 is 6.73. The van der Waals surface area contributed by atoms with E-state index >= 15 is 0 Å². The average molecular weight is 382 g/mol. The fourth-order valence-electron chi connectivity index (χ4n) is 1.25. The lowest BCUT2D eigenvalue weighted by Gasteiger charge is -2.03. The molecule has 0 spiro atoms. The van der Waals surface area contributed by atoms with Crippen molar-refractivity contribution in [1.29, 1.82) is 0 Å². The zero-order valence-electron chi connectivity index (χ0n) is 8.18. The zero-order chi connectivity index (χ0) is 12.6. The Morgan fingerprint density at radius 3 is 2.59 bits per heavy atom. The maximum absolute atomic E-state index is 10.6. The quantitative estimate of drug-likeness (QED) is 0.851. The van der Waals surface area contributed by atoms with Gasteiger partial charge >= 0.3 is 5.97 Å². The molecule has 2 aromatic heterocycles. The summed E-state index contributed by atoms with van der Waals surface area (Å²) in [7, 11) is 0. The highest BCUT2D eigenvalue weighted by atomic mass is 79.9. The average Bonchev–Trinajstić information content (AvgIpc) is 2.86. The lowest BCUT2D eigenvalue weighted by Crippen LogP contribution is -1.96. The standard InChI is InChI=1S/C10H6Br2O4S/c11-4-3-7(17-9(4)12)8(13)5-1-2-6(16-5)10(14)15/h1-3,8,13H,(H,14,15). The van der Waals surface area contributed by atoms with Gasteiger partial charge in [0.05, 0.1) is 3.79 Å². The fraction of sp³-hybridized carbons (Fsp3) is 0.100. The number of rotatable bonds is 3. The van der Waals surface area contributed by atoms with Gasteiger partial charge < -0.3 is 14.6 Å². The summed E-state index contributed by atoms with van der Waals surface area (Å²) >= 11 is 7.98. The van der Waals surface area contributed by atoms with Crippen LogP contribution in [0.25, 0.3) is 0 Å². The fourth-order valence-corrected chi connectivity index (χ4v) is 3.34. The van der Waals surface area contributed by atoms with Gasteiger partial charge in [-0.25, -0.2) is 4.79 Å². The van der Waals surface area contributed by atoms with Crippen LogP contribution in [0.5, 0.6) is 0 Å². The van der Waals surface area contributed by atoms with Crippen LogP contribution in [0, 0.1) is 0 Å². The van der Waals surface area contributed by atoms with Crippen LogP contribution in [0.2, 0.25) is 0 Å². The monoisotopic (exact) mass is 380 g/mol. The molecular formula is C10H6Br2O4S. The molecule has 0 saturated carbocycles. The van der Waals surface area contributed by atoms with Crippen molar-refractivity contribution in [3.63, 3.8) is 0 Å². The molecule has 0 aliphatic heterocycles. The molecule has 1 atom stereocenters. The highest BCUT2D eigenvalue weighted by Gasteiger charge is 2.20. The first kappa shape index (κ1) is 12.8. The molecule has 0 aliphatic rings. The van der Waals surface area contributed by atoms with Crippen molar-refractivity contribution < 1.29 is 19.4 Å². The molecule has 0 saturated heterocycles. The highest BCUT2D eigenvalue weighted by molar-refractivity contribution is 9.13. The van der Waals surface area contributed by atoms with E-state index in [4.69, 9.17) is 9.52 Å². The number of hydrogen-bond acceptors (Lipinski definition) is 4. The number of halogens is 2. The van der Waals surface area contributed by atoms with Gasteiger partial charge in [0.25, 0.3) is 0 Å². The van der Waals surface area contributed by atoms with E-state index in [0.29, 0.717) is 4.88 Å². The van der Waals surface area contributed by atoms with Gasteiger partial charge in [-0.2, -0.15) is 0 Å². The molecule has 0 radical (unpaired) electrons. The minimum absolute atomic E-state index is 0.186. The van der Waals surface area contributed by atoms with Crippen LogP contribution in [0.1, 0.15) is 27.3 Å². The van der Waals surface area contributed by atoms with Crippen molar-refractivity contribution in [2.24, 2.45) is 0 Å². The van der Waals surface area contributed by atoms with Crippen LogP contribution < -0.4 is 0 Å². The molecular weight excluding hydrogens is 376 g/mol. The third-order valence-corrected chi connectivity index (χ3v) is 5.35. The molecule has 0 aromatic carbocycles. The van der Waals surface area contributed by atoms with Crippen molar-refractivity contribution in [1.82, 2.24) is 0 Å². The number of carbonyl (C=O) groups is 1. The number of carboxylic acid groups (broad SMARTS) is 1. The van der Waals surface area contributed by atoms with Gasteiger partial charge in [0, 0.05) is 9.35 Å². The SMILES string of the molecule is O=C(O)c1ccc(C(O)c2cc(Br)c(Br)s2)o1. The summed E-state index contributed by atoms with van der Waals surface area (Å²) in [6.07, 6.45) is -0.962. The van der Waals surface area contributed by atoms with Crippen LogP contribution in [-0.2, 0) is 0 Å². The highest BCUT2D eigenvalue weighted by Crippen LogP contribution is 2.37. The summed E-state index contributed by atoms with van der Waals surface area (Å²) in [5, 5.41) is 18.7. The number of carboxylic acids is 1. The Labute approximate surface area is 117 Å². The van der Waals surface area contributed by atoms with Gasteiger partial charge in [-0.05, 0) is 50.1 Å². The van der Waals surface area contributed by atoms with E-state index in [0.717, 1.165) is 8.26 Å². The zero-order valence-corrected chi connectivity index (χ0v) is 12.2. The molecule has 17 heavy (non-hydrogen) atoms. The molecule has 2 aromatic rings. The van der Waals surface area contributed by atoms with Crippen LogP contribution in [0.4, 0.5) is 0 Å². The van der Waals surface area contributed by atoms with Crippen molar-refractivity contribution in [3.8, 4) is 0 Å². The molecule has 90 valence electrons. The summed E-state index contributed by atoms with van der Waals surface area (Å²) in [4.78, 5) is 11.3. The second-order valence-corrected chi connectivity index (χ2v) is 6.44. The van der Waals surface area contributed by atoms with Crippen molar-refractivity contribution >= 4 is 49.2 Å². The van der Waals surface area contributed by atoms with Gasteiger partial charge in [0.2, 0.25) is 5.76 Å². The second kappa shape index (κ2) is 4.93. The predicted molar refractivity (Wildman–Crippen MR) is 69.4 cm³/mol. The van der Waals surface area contributed by atoms with E-state index in [9.17, 15) is 9.90 Å². The van der Waals surface area contributed by atoms with Gasteiger partial charge in [0.15, 0.2) is 0 Å². The number of aromatic carboxylic acids is 1. The third kappa shape index (κ3) is 2.62. The molecule has 2 rings (SSSR count). The molecule has 2 N–H and O–H groups in total.